The summed E-state index contributed by atoms with van der Waals surface area (Å²) in [4.78, 5) is 7.56. The Balaban J connectivity index is 1.27. The van der Waals surface area contributed by atoms with Crippen LogP contribution >= 0.6 is 11.3 Å². The molecule has 0 atom stereocenters. The molecular weight excluding hydrogens is 428 g/mol. The van der Waals surface area contributed by atoms with Crippen LogP contribution in [0.2, 0.25) is 0 Å². The van der Waals surface area contributed by atoms with E-state index < -0.39 is 0 Å². The van der Waals surface area contributed by atoms with Gasteiger partial charge in [-0.25, -0.2) is 4.98 Å². The third-order valence-corrected chi connectivity index (χ3v) is 8.87. The van der Waals surface area contributed by atoms with Crippen molar-refractivity contribution in [2.75, 3.05) is 13.1 Å². The molecule has 0 spiro atoms. The quantitative estimate of drug-likeness (QED) is 0.461. The highest BCUT2D eigenvalue weighted by Crippen LogP contribution is 2.47. The Morgan fingerprint density at radius 3 is 2.39 bits per heavy atom. The lowest BCUT2D eigenvalue weighted by Crippen LogP contribution is -2.33. The summed E-state index contributed by atoms with van der Waals surface area (Å²) in [7, 11) is 0. The van der Waals surface area contributed by atoms with Crippen molar-refractivity contribution >= 4 is 11.3 Å². The van der Waals surface area contributed by atoms with Crippen LogP contribution in [0.1, 0.15) is 87.0 Å². The molecule has 1 aliphatic heterocycles. The summed E-state index contributed by atoms with van der Waals surface area (Å²) >= 11 is 1.82. The number of likely N-dealkylation sites (tertiary alicyclic amines) is 1. The summed E-state index contributed by atoms with van der Waals surface area (Å²) < 4.78 is 5.66. The Morgan fingerprint density at radius 2 is 1.70 bits per heavy atom. The molecule has 5 rings (SSSR count). The van der Waals surface area contributed by atoms with Crippen LogP contribution in [0, 0.1) is 0 Å². The molecule has 0 amide bonds. The molecule has 2 aliphatic rings. The molecular formula is C28H36N2O2S. The summed E-state index contributed by atoms with van der Waals surface area (Å²) in [6, 6.07) is 10.9. The van der Waals surface area contributed by atoms with E-state index in [2.05, 4.69) is 56.2 Å². The SMILES string of the molecule is CC1(C)CCC(C)(C)c2cc(-c3csc(C4CCN(Cc5ccc(CO)o5)CC4)n3)ccc21. The van der Waals surface area contributed by atoms with Crippen LogP contribution in [-0.4, -0.2) is 28.1 Å². The van der Waals surface area contributed by atoms with Crippen molar-refractivity contribution in [1.82, 2.24) is 9.88 Å². The zero-order valence-electron chi connectivity index (χ0n) is 20.4. The fourth-order valence-electron chi connectivity index (χ4n) is 5.51. The van der Waals surface area contributed by atoms with Crippen molar-refractivity contribution in [1.29, 1.82) is 0 Å². The number of rotatable bonds is 5. The van der Waals surface area contributed by atoms with Gasteiger partial charge in [-0.15, -0.1) is 11.3 Å². The van der Waals surface area contributed by atoms with Crippen LogP contribution in [0.3, 0.4) is 0 Å². The lowest BCUT2D eigenvalue weighted by atomic mass is 9.63. The Hall–Kier alpha value is -1.95. The molecule has 3 heterocycles. The second kappa shape index (κ2) is 8.68. The van der Waals surface area contributed by atoms with Gasteiger partial charge < -0.3 is 9.52 Å². The van der Waals surface area contributed by atoms with Crippen LogP contribution < -0.4 is 0 Å². The number of benzene rings is 1. The second-order valence-electron chi connectivity index (χ2n) is 11.2. The highest BCUT2D eigenvalue weighted by atomic mass is 32.1. The number of aromatic nitrogens is 1. The van der Waals surface area contributed by atoms with Crippen molar-refractivity contribution in [3.63, 3.8) is 0 Å². The van der Waals surface area contributed by atoms with Gasteiger partial charge in [0, 0.05) is 16.9 Å². The van der Waals surface area contributed by atoms with E-state index in [0.29, 0.717) is 11.7 Å². The second-order valence-corrected chi connectivity index (χ2v) is 12.1. The maximum atomic E-state index is 9.20. The van der Waals surface area contributed by atoms with Gasteiger partial charge >= 0.3 is 0 Å². The predicted octanol–water partition coefficient (Wildman–Crippen LogP) is 6.62. The summed E-state index contributed by atoms with van der Waals surface area (Å²) in [6.07, 6.45) is 4.74. The summed E-state index contributed by atoms with van der Waals surface area (Å²) in [5, 5.41) is 12.7. The van der Waals surface area contributed by atoms with Gasteiger partial charge in [-0.3, -0.25) is 4.90 Å². The van der Waals surface area contributed by atoms with Crippen LogP contribution in [0.15, 0.2) is 40.1 Å². The first-order chi connectivity index (χ1) is 15.7. The minimum absolute atomic E-state index is 0.0338. The van der Waals surface area contributed by atoms with Crippen LogP contribution in [0.5, 0.6) is 0 Å². The standard InChI is InChI=1S/C28H36N2O2S/c1-27(2)11-12-28(3,4)24-15-20(5-8-23(24)27)25-18-33-26(29-25)19-9-13-30(14-10-19)16-21-6-7-22(17-31)32-21/h5-8,15,18-19,31H,9-14,16-17H2,1-4H3. The topological polar surface area (TPSA) is 49.5 Å². The van der Waals surface area contributed by atoms with E-state index in [1.54, 1.807) is 0 Å². The largest absolute Gasteiger partial charge is 0.462 e. The Labute approximate surface area is 201 Å². The molecule has 5 heteroatoms. The van der Waals surface area contributed by atoms with Crippen molar-refractivity contribution in [2.45, 2.75) is 83.3 Å². The van der Waals surface area contributed by atoms with Crippen molar-refractivity contribution in [3.8, 4) is 11.3 Å². The highest BCUT2D eigenvalue weighted by Gasteiger charge is 2.37. The molecule has 176 valence electrons. The number of aliphatic hydroxyl groups excluding tert-OH is 1. The molecule has 2 aromatic heterocycles. The maximum Gasteiger partial charge on any atom is 0.129 e. The van der Waals surface area contributed by atoms with E-state index >= 15 is 0 Å². The number of hydrogen-bond acceptors (Lipinski definition) is 5. The minimum Gasteiger partial charge on any atom is -0.462 e. The normalized spacial score (nSPS) is 20.6. The molecule has 3 aromatic rings. The molecule has 0 unspecified atom stereocenters. The number of furan rings is 1. The smallest absolute Gasteiger partial charge is 0.129 e. The van der Waals surface area contributed by atoms with Crippen molar-refractivity contribution < 1.29 is 9.52 Å². The molecule has 0 radical (unpaired) electrons. The number of nitrogens with zero attached hydrogens (tertiary/aromatic N) is 2. The van der Waals surface area contributed by atoms with Gasteiger partial charge in [0.2, 0.25) is 0 Å². The first kappa shape index (κ1) is 22.8. The maximum absolute atomic E-state index is 9.20. The van der Waals surface area contributed by atoms with Crippen LogP contribution in [-0.2, 0) is 24.0 Å². The summed E-state index contributed by atoms with van der Waals surface area (Å²) in [5.41, 5.74) is 5.87. The average Bonchev–Trinajstić information content (AvgIpc) is 3.47. The molecule has 1 aliphatic carbocycles. The lowest BCUT2D eigenvalue weighted by molar-refractivity contribution is 0.183. The van der Waals surface area contributed by atoms with Crippen molar-refractivity contribution in [2.24, 2.45) is 0 Å². The molecule has 1 aromatic carbocycles. The van der Waals surface area contributed by atoms with Gasteiger partial charge in [-0.2, -0.15) is 0 Å². The molecule has 1 saturated heterocycles. The van der Waals surface area contributed by atoms with Gasteiger partial charge in [-0.1, -0.05) is 39.8 Å². The van der Waals surface area contributed by atoms with E-state index in [9.17, 15) is 5.11 Å². The van der Waals surface area contributed by atoms with Crippen LogP contribution in [0.4, 0.5) is 0 Å². The molecule has 0 saturated carbocycles. The lowest BCUT2D eigenvalue weighted by Gasteiger charge is -2.42. The van der Waals surface area contributed by atoms with Gasteiger partial charge in [0.15, 0.2) is 0 Å². The Bertz CT molecular complexity index is 1120. The Kier molecular flexibility index (Phi) is 6.00. The number of hydrogen-bond donors (Lipinski definition) is 1. The van der Waals surface area contributed by atoms with Gasteiger partial charge in [0.05, 0.1) is 17.2 Å². The predicted molar refractivity (Wildman–Crippen MR) is 135 cm³/mol. The minimum atomic E-state index is -0.0338. The first-order valence-corrected chi connectivity index (χ1v) is 13.1. The Morgan fingerprint density at radius 1 is 1.00 bits per heavy atom. The van der Waals surface area contributed by atoms with E-state index in [4.69, 9.17) is 9.40 Å². The zero-order chi connectivity index (χ0) is 23.2. The number of piperidine rings is 1. The third kappa shape index (κ3) is 4.55. The first-order valence-electron chi connectivity index (χ1n) is 12.3. The molecule has 4 nitrogen and oxygen atoms in total. The van der Waals surface area contributed by atoms with Crippen molar-refractivity contribution in [3.05, 3.63) is 63.4 Å². The molecule has 1 fully saturated rings. The van der Waals surface area contributed by atoms with E-state index in [0.717, 1.165) is 43.9 Å². The zero-order valence-corrected chi connectivity index (χ0v) is 21.2. The number of thiazole rings is 1. The summed E-state index contributed by atoms with van der Waals surface area (Å²) in [5.74, 6) is 2.12. The number of fused-ring (bicyclic) bond motifs is 1. The van der Waals surface area contributed by atoms with Gasteiger partial charge in [0.25, 0.3) is 0 Å². The van der Waals surface area contributed by atoms with E-state index in [1.165, 1.54) is 34.5 Å². The summed E-state index contributed by atoms with van der Waals surface area (Å²) in [6.45, 7) is 12.4. The average molecular weight is 465 g/mol. The van der Waals surface area contributed by atoms with E-state index in [1.807, 2.05) is 23.5 Å². The third-order valence-electron chi connectivity index (χ3n) is 7.86. The van der Waals surface area contributed by atoms with E-state index in [-0.39, 0.29) is 17.4 Å². The fraction of sp³-hybridized carbons (Fsp3) is 0.536. The number of aliphatic hydroxyl groups is 1. The monoisotopic (exact) mass is 464 g/mol. The van der Waals surface area contributed by atoms with Gasteiger partial charge in [0.1, 0.15) is 18.1 Å². The molecule has 1 N–H and O–H groups in total. The van der Waals surface area contributed by atoms with Gasteiger partial charge in [-0.05, 0) is 78.9 Å². The molecule has 33 heavy (non-hydrogen) atoms. The molecule has 0 bridgehead atoms. The van der Waals surface area contributed by atoms with Crippen LogP contribution in [0.25, 0.3) is 11.3 Å². The fourth-order valence-corrected chi connectivity index (χ4v) is 6.51. The highest BCUT2D eigenvalue weighted by molar-refractivity contribution is 7.10.